The zero-order chi connectivity index (χ0) is 29.6. The number of aromatic nitrogens is 4. The van der Waals surface area contributed by atoms with Crippen LogP contribution in [-0.4, -0.2) is 80.9 Å². The molecule has 1 aliphatic carbocycles. The van der Waals surface area contributed by atoms with Gasteiger partial charge in [-0.05, 0) is 24.0 Å². The van der Waals surface area contributed by atoms with Crippen LogP contribution in [-0.2, 0) is 15.9 Å². The lowest BCUT2D eigenvalue weighted by Crippen LogP contribution is -2.33. The highest BCUT2D eigenvalue weighted by Crippen LogP contribution is 2.33. The molecule has 0 radical (unpaired) electrons. The molecule has 1 saturated carbocycles. The molecule has 1 aliphatic heterocycles. The van der Waals surface area contributed by atoms with Crippen molar-refractivity contribution in [2.75, 3.05) is 32.1 Å². The average molecular weight is 587 g/mol. The second kappa shape index (κ2) is 13.9. The molecule has 0 spiro atoms. The summed E-state index contributed by atoms with van der Waals surface area (Å²) < 4.78 is 12.9. The van der Waals surface area contributed by atoms with Crippen LogP contribution in [0.25, 0.3) is 11.2 Å². The first-order valence-electron chi connectivity index (χ1n) is 15.4. The van der Waals surface area contributed by atoms with Crippen molar-refractivity contribution >= 4 is 17.0 Å². The largest absolute Gasteiger partial charge is 0.387 e. The smallest absolute Gasteiger partial charge is 0.167 e. The Morgan fingerprint density at radius 3 is 2.33 bits per heavy atom. The molecule has 2 aliphatic rings. The van der Waals surface area contributed by atoms with Crippen LogP contribution in [0.4, 0.5) is 5.82 Å². The Morgan fingerprint density at radius 2 is 1.65 bits per heavy atom. The van der Waals surface area contributed by atoms with Crippen molar-refractivity contribution in [3.8, 4) is 0 Å². The number of benzene rings is 2. The number of nitrogens with one attached hydrogen (secondary N) is 2. The van der Waals surface area contributed by atoms with Crippen LogP contribution in [0.15, 0.2) is 67.0 Å². The van der Waals surface area contributed by atoms with E-state index in [1.807, 2.05) is 12.1 Å². The fraction of sp³-hybridized carbons (Fsp3) is 0.485. The Balaban J connectivity index is 1.30. The van der Waals surface area contributed by atoms with Crippen molar-refractivity contribution in [3.63, 3.8) is 0 Å². The maximum atomic E-state index is 10.9. The van der Waals surface area contributed by atoms with Crippen LogP contribution in [0, 0.1) is 0 Å². The van der Waals surface area contributed by atoms with E-state index in [2.05, 4.69) is 64.1 Å². The Bertz CT molecular complexity index is 1410. The molecule has 10 nitrogen and oxygen atoms in total. The fourth-order valence-corrected chi connectivity index (χ4v) is 6.34. The van der Waals surface area contributed by atoms with Gasteiger partial charge in [-0.3, -0.25) is 4.57 Å². The summed E-state index contributed by atoms with van der Waals surface area (Å²) in [6.07, 6.45) is 4.80. The highest BCUT2D eigenvalue weighted by atomic mass is 16.6. The molecule has 4 atom stereocenters. The van der Waals surface area contributed by atoms with Gasteiger partial charge in [-0.1, -0.05) is 79.9 Å². The normalized spacial score (nSPS) is 22.9. The number of hydrogen-bond donors (Lipinski definition) is 4. The summed E-state index contributed by atoms with van der Waals surface area (Å²) >= 11 is 0. The zero-order valence-corrected chi connectivity index (χ0v) is 24.7. The molecule has 4 aromatic rings. The Hall–Kier alpha value is -3.41. The molecule has 10 heteroatoms. The summed E-state index contributed by atoms with van der Waals surface area (Å²) in [5.41, 5.74) is 3.55. The van der Waals surface area contributed by atoms with E-state index in [9.17, 15) is 10.2 Å². The van der Waals surface area contributed by atoms with Gasteiger partial charge in [0.1, 0.15) is 24.1 Å². The number of anilines is 1. The van der Waals surface area contributed by atoms with E-state index in [1.54, 1.807) is 18.0 Å². The van der Waals surface area contributed by atoms with E-state index in [1.165, 1.54) is 43.2 Å². The summed E-state index contributed by atoms with van der Waals surface area (Å²) in [6, 6.07) is 21.4. The highest BCUT2D eigenvalue weighted by molar-refractivity contribution is 5.83. The maximum absolute atomic E-state index is 10.9. The van der Waals surface area contributed by atoms with Gasteiger partial charge in [-0.25, -0.2) is 15.0 Å². The predicted molar refractivity (Wildman–Crippen MR) is 165 cm³/mol. The summed E-state index contributed by atoms with van der Waals surface area (Å²) in [7, 11) is 1.54. The minimum absolute atomic E-state index is 0.0934. The van der Waals surface area contributed by atoms with E-state index in [0.717, 1.165) is 6.54 Å². The molecule has 1 unspecified atom stereocenters. The lowest BCUT2D eigenvalue weighted by molar-refractivity contribution is -0.0580. The van der Waals surface area contributed by atoms with E-state index in [0.29, 0.717) is 41.8 Å². The molecule has 6 rings (SSSR count). The number of rotatable bonds is 12. The van der Waals surface area contributed by atoms with Crippen molar-refractivity contribution in [1.29, 1.82) is 0 Å². The summed E-state index contributed by atoms with van der Waals surface area (Å²) in [4.78, 5) is 14.5. The third-order valence-corrected chi connectivity index (χ3v) is 8.67. The molecule has 2 fully saturated rings. The van der Waals surface area contributed by atoms with Gasteiger partial charge in [0.25, 0.3) is 0 Å². The van der Waals surface area contributed by atoms with Crippen molar-refractivity contribution in [2.45, 2.75) is 75.0 Å². The number of aliphatic hydroxyl groups is 2. The number of ether oxygens (including phenoxy) is 2. The van der Waals surface area contributed by atoms with Crippen LogP contribution in [0.1, 0.15) is 61.2 Å². The number of aliphatic hydroxyl groups excluding tert-OH is 2. The zero-order valence-electron chi connectivity index (χ0n) is 24.7. The first kappa shape index (κ1) is 29.7. The first-order chi connectivity index (χ1) is 21.1. The van der Waals surface area contributed by atoms with Crippen LogP contribution in [0.5, 0.6) is 0 Å². The van der Waals surface area contributed by atoms with Crippen molar-refractivity contribution in [3.05, 3.63) is 83.9 Å². The molecule has 4 N–H and O–H groups in total. The molecule has 0 amide bonds. The highest BCUT2D eigenvalue weighted by Gasteiger charge is 2.44. The Kier molecular flexibility index (Phi) is 9.60. The van der Waals surface area contributed by atoms with Crippen LogP contribution < -0.4 is 10.6 Å². The van der Waals surface area contributed by atoms with Gasteiger partial charge in [0.15, 0.2) is 23.2 Å². The molecule has 3 heterocycles. The number of nitrogens with zero attached hydrogens (tertiary/aromatic N) is 4. The predicted octanol–water partition coefficient (Wildman–Crippen LogP) is 3.80. The number of hydrogen-bond acceptors (Lipinski definition) is 9. The van der Waals surface area contributed by atoms with Crippen LogP contribution >= 0.6 is 0 Å². The third kappa shape index (κ3) is 6.73. The quantitative estimate of drug-likeness (QED) is 0.196. The third-order valence-electron chi connectivity index (χ3n) is 8.67. The molecule has 2 aromatic heterocycles. The van der Waals surface area contributed by atoms with Gasteiger partial charge in [-0.2, -0.15) is 0 Å². The Labute approximate surface area is 252 Å². The molecular formula is C33H42N6O4. The molecule has 2 aromatic carbocycles. The fourth-order valence-electron chi connectivity index (χ4n) is 6.34. The molecule has 0 bridgehead atoms. The van der Waals surface area contributed by atoms with Gasteiger partial charge < -0.3 is 30.3 Å². The van der Waals surface area contributed by atoms with Crippen LogP contribution in [0.2, 0.25) is 0 Å². The van der Waals surface area contributed by atoms with E-state index in [-0.39, 0.29) is 12.5 Å². The topological polar surface area (TPSA) is 127 Å². The average Bonchev–Trinajstić information content (AvgIpc) is 3.59. The lowest BCUT2D eigenvalue weighted by Gasteiger charge is -2.23. The first-order valence-corrected chi connectivity index (χ1v) is 15.4. The van der Waals surface area contributed by atoms with Gasteiger partial charge in [0.2, 0.25) is 0 Å². The summed E-state index contributed by atoms with van der Waals surface area (Å²) in [5, 5.41) is 28.8. The van der Waals surface area contributed by atoms with Gasteiger partial charge in [0.05, 0.1) is 12.9 Å². The number of fused-ring (bicyclic) bond motifs is 1. The van der Waals surface area contributed by atoms with E-state index in [4.69, 9.17) is 19.4 Å². The minimum Gasteiger partial charge on any atom is -0.387 e. The van der Waals surface area contributed by atoms with Crippen molar-refractivity contribution in [2.24, 2.45) is 0 Å². The van der Waals surface area contributed by atoms with Crippen LogP contribution in [0.3, 0.4) is 0 Å². The number of methoxy groups -OCH3 is 1. The van der Waals surface area contributed by atoms with E-state index < -0.39 is 24.5 Å². The second-order valence-corrected chi connectivity index (χ2v) is 11.6. The van der Waals surface area contributed by atoms with Gasteiger partial charge in [0, 0.05) is 38.6 Å². The van der Waals surface area contributed by atoms with Crippen molar-refractivity contribution in [1.82, 2.24) is 24.8 Å². The summed E-state index contributed by atoms with van der Waals surface area (Å²) in [6.45, 7) is 1.54. The molecular weight excluding hydrogens is 544 g/mol. The van der Waals surface area contributed by atoms with Gasteiger partial charge in [-0.15, -0.1) is 0 Å². The summed E-state index contributed by atoms with van der Waals surface area (Å²) in [5.74, 6) is 1.41. The monoisotopic (exact) mass is 586 g/mol. The standard InChI is InChI=1S/C33H42N6O4/c1-42-20-26-29(40)30(41)33(43-26)39-21-36-28-31(37-27(38-32(28)39)17-18-34-24-15-9-4-10-16-24)35-19-25(22-11-5-2-6-12-22)23-13-7-3-8-14-23/h2-3,5-8,11-14,21,24-26,29-30,33-34,40-41H,4,9-10,15-20H2,1H3,(H,35,37,38)/t26?,29-,30-,33-/m1/s1. The SMILES string of the molecule is COCC1O[C@@H](n2cnc3c(NCC(c4ccccc4)c4ccccc4)nc(CCNC4CCCCC4)nc32)[C@H](O)[C@@H]1O. The van der Waals surface area contributed by atoms with Gasteiger partial charge >= 0.3 is 0 Å². The molecule has 228 valence electrons. The minimum atomic E-state index is -1.15. The number of imidazole rings is 1. The lowest BCUT2D eigenvalue weighted by atomic mass is 9.91. The molecule has 1 saturated heterocycles. The van der Waals surface area contributed by atoms with Crippen molar-refractivity contribution < 1.29 is 19.7 Å². The molecule has 43 heavy (non-hydrogen) atoms. The second-order valence-electron chi connectivity index (χ2n) is 11.6. The Morgan fingerprint density at radius 1 is 0.953 bits per heavy atom. The van der Waals surface area contributed by atoms with E-state index >= 15 is 0 Å². The maximum Gasteiger partial charge on any atom is 0.167 e.